The standard InChI is InChI=1S/C12H17N5/c1-10(2)7-8-13-11-5-3-4-6-12(11)17-9-14-15-16-17/h3-6,9-10,13H,7-8H2,1-2H3. The molecule has 17 heavy (non-hydrogen) atoms. The Kier molecular flexibility index (Phi) is 3.69. The van der Waals surface area contributed by atoms with E-state index in [1.165, 1.54) is 0 Å². The van der Waals surface area contributed by atoms with E-state index in [0.717, 1.165) is 24.3 Å². The molecule has 0 fully saturated rings. The van der Waals surface area contributed by atoms with Gasteiger partial charge >= 0.3 is 0 Å². The number of nitrogens with zero attached hydrogens (tertiary/aromatic N) is 4. The second kappa shape index (κ2) is 5.43. The molecule has 0 unspecified atom stereocenters. The molecule has 0 aliphatic carbocycles. The molecule has 0 atom stereocenters. The first-order valence-corrected chi connectivity index (χ1v) is 5.83. The number of aromatic nitrogens is 4. The fraction of sp³-hybridized carbons (Fsp3) is 0.417. The zero-order valence-electron chi connectivity index (χ0n) is 10.2. The number of nitrogens with one attached hydrogen (secondary N) is 1. The van der Waals surface area contributed by atoms with Gasteiger partial charge in [-0.2, -0.15) is 4.68 Å². The van der Waals surface area contributed by atoms with Crippen LogP contribution in [0.3, 0.4) is 0 Å². The number of rotatable bonds is 5. The van der Waals surface area contributed by atoms with Crippen molar-refractivity contribution in [2.24, 2.45) is 5.92 Å². The highest BCUT2D eigenvalue weighted by Crippen LogP contribution is 2.18. The summed E-state index contributed by atoms with van der Waals surface area (Å²) in [6, 6.07) is 8.02. The summed E-state index contributed by atoms with van der Waals surface area (Å²) >= 11 is 0. The van der Waals surface area contributed by atoms with Gasteiger partial charge in [-0.3, -0.25) is 0 Å². The molecular weight excluding hydrogens is 214 g/mol. The third-order valence-electron chi connectivity index (χ3n) is 2.54. The molecule has 1 heterocycles. The van der Waals surface area contributed by atoms with Crippen LogP contribution in [-0.4, -0.2) is 26.8 Å². The van der Waals surface area contributed by atoms with E-state index in [1.54, 1.807) is 11.0 Å². The van der Waals surface area contributed by atoms with Crippen LogP contribution in [-0.2, 0) is 0 Å². The van der Waals surface area contributed by atoms with Crippen molar-refractivity contribution in [2.45, 2.75) is 20.3 Å². The molecule has 1 aromatic heterocycles. The third kappa shape index (κ3) is 3.03. The Balaban J connectivity index is 2.11. The zero-order chi connectivity index (χ0) is 12.1. The van der Waals surface area contributed by atoms with Crippen LogP contribution in [0.2, 0.25) is 0 Å². The number of para-hydroxylation sites is 2. The predicted molar refractivity (Wildman–Crippen MR) is 67.1 cm³/mol. The highest BCUT2D eigenvalue weighted by atomic mass is 15.5. The van der Waals surface area contributed by atoms with Crippen molar-refractivity contribution in [3.05, 3.63) is 30.6 Å². The van der Waals surface area contributed by atoms with E-state index in [4.69, 9.17) is 0 Å². The average Bonchev–Trinajstić information content (AvgIpc) is 2.82. The van der Waals surface area contributed by atoms with E-state index >= 15 is 0 Å². The van der Waals surface area contributed by atoms with Gasteiger partial charge in [-0.05, 0) is 34.9 Å². The van der Waals surface area contributed by atoms with Gasteiger partial charge in [0.25, 0.3) is 0 Å². The second-order valence-corrected chi connectivity index (χ2v) is 4.38. The Morgan fingerprint density at radius 2 is 2.12 bits per heavy atom. The van der Waals surface area contributed by atoms with Crippen LogP contribution in [0.5, 0.6) is 0 Å². The van der Waals surface area contributed by atoms with Gasteiger partial charge in [0, 0.05) is 6.54 Å². The van der Waals surface area contributed by atoms with Gasteiger partial charge in [0.05, 0.1) is 11.4 Å². The molecule has 0 radical (unpaired) electrons. The first-order valence-electron chi connectivity index (χ1n) is 5.83. The maximum Gasteiger partial charge on any atom is 0.143 e. The van der Waals surface area contributed by atoms with E-state index in [2.05, 4.69) is 34.7 Å². The minimum Gasteiger partial charge on any atom is -0.383 e. The van der Waals surface area contributed by atoms with Crippen molar-refractivity contribution < 1.29 is 0 Å². The van der Waals surface area contributed by atoms with E-state index in [1.807, 2.05) is 24.3 Å². The Bertz CT molecular complexity index is 450. The average molecular weight is 231 g/mol. The SMILES string of the molecule is CC(C)CCNc1ccccc1-n1cnnn1. The van der Waals surface area contributed by atoms with Crippen LogP contribution < -0.4 is 5.32 Å². The minimum atomic E-state index is 0.697. The van der Waals surface area contributed by atoms with Crippen molar-refractivity contribution in [1.29, 1.82) is 0 Å². The summed E-state index contributed by atoms with van der Waals surface area (Å²) in [5.74, 6) is 0.697. The summed E-state index contributed by atoms with van der Waals surface area (Å²) in [6.45, 7) is 5.39. The smallest absolute Gasteiger partial charge is 0.143 e. The molecular formula is C12H17N5. The highest BCUT2D eigenvalue weighted by molar-refractivity contribution is 5.60. The Labute approximate surface area is 101 Å². The predicted octanol–water partition coefficient (Wildman–Crippen LogP) is 2.12. The number of hydrogen-bond acceptors (Lipinski definition) is 4. The number of tetrazole rings is 1. The molecule has 1 N–H and O–H groups in total. The van der Waals surface area contributed by atoms with Gasteiger partial charge in [-0.25, -0.2) is 0 Å². The lowest BCUT2D eigenvalue weighted by Crippen LogP contribution is -2.08. The van der Waals surface area contributed by atoms with Crippen molar-refractivity contribution >= 4 is 5.69 Å². The molecule has 0 saturated heterocycles. The maximum atomic E-state index is 3.91. The summed E-state index contributed by atoms with van der Waals surface area (Å²) in [7, 11) is 0. The van der Waals surface area contributed by atoms with Crippen LogP contribution in [0.15, 0.2) is 30.6 Å². The van der Waals surface area contributed by atoms with Gasteiger partial charge < -0.3 is 5.32 Å². The summed E-state index contributed by atoms with van der Waals surface area (Å²) in [4.78, 5) is 0. The Hall–Kier alpha value is -1.91. The van der Waals surface area contributed by atoms with Crippen molar-refractivity contribution in [3.8, 4) is 5.69 Å². The van der Waals surface area contributed by atoms with Gasteiger partial charge in [-0.15, -0.1) is 5.10 Å². The lowest BCUT2D eigenvalue weighted by atomic mass is 10.1. The lowest BCUT2D eigenvalue weighted by molar-refractivity contribution is 0.607. The molecule has 2 rings (SSSR count). The maximum absolute atomic E-state index is 3.91. The topological polar surface area (TPSA) is 55.6 Å². The molecule has 0 aliphatic rings. The summed E-state index contributed by atoms with van der Waals surface area (Å²) in [5, 5.41) is 14.6. The monoisotopic (exact) mass is 231 g/mol. The molecule has 2 aromatic rings. The first kappa shape index (κ1) is 11.6. The van der Waals surface area contributed by atoms with Crippen LogP contribution in [0.25, 0.3) is 5.69 Å². The van der Waals surface area contributed by atoms with Gasteiger partial charge in [-0.1, -0.05) is 26.0 Å². The molecule has 0 spiro atoms. The first-order chi connectivity index (χ1) is 8.27. The van der Waals surface area contributed by atoms with Crippen molar-refractivity contribution in [3.63, 3.8) is 0 Å². The quantitative estimate of drug-likeness (QED) is 0.856. The normalized spacial score (nSPS) is 10.8. The van der Waals surface area contributed by atoms with Crippen LogP contribution >= 0.6 is 0 Å². The molecule has 1 aromatic carbocycles. The molecule has 5 nitrogen and oxygen atoms in total. The Morgan fingerprint density at radius 1 is 1.29 bits per heavy atom. The van der Waals surface area contributed by atoms with Crippen molar-refractivity contribution in [2.75, 3.05) is 11.9 Å². The summed E-state index contributed by atoms with van der Waals surface area (Å²) < 4.78 is 1.66. The Morgan fingerprint density at radius 3 is 2.82 bits per heavy atom. The van der Waals surface area contributed by atoms with Crippen LogP contribution in [0, 0.1) is 5.92 Å². The summed E-state index contributed by atoms with van der Waals surface area (Å²) in [6.07, 6.45) is 2.74. The largest absolute Gasteiger partial charge is 0.383 e. The number of hydrogen-bond donors (Lipinski definition) is 1. The molecule has 0 amide bonds. The van der Waals surface area contributed by atoms with E-state index in [0.29, 0.717) is 5.92 Å². The molecule has 90 valence electrons. The number of benzene rings is 1. The fourth-order valence-corrected chi connectivity index (χ4v) is 1.59. The van der Waals surface area contributed by atoms with Crippen LogP contribution in [0.4, 0.5) is 5.69 Å². The van der Waals surface area contributed by atoms with E-state index in [9.17, 15) is 0 Å². The summed E-state index contributed by atoms with van der Waals surface area (Å²) in [5.41, 5.74) is 2.03. The van der Waals surface area contributed by atoms with Crippen molar-refractivity contribution in [1.82, 2.24) is 20.2 Å². The van der Waals surface area contributed by atoms with E-state index in [-0.39, 0.29) is 0 Å². The van der Waals surface area contributed by atoms with E-state index < -0.39 is 0 Å². The lowest BCUT2D eigenvalue weighted by Gasteiger charge is -2.12. The fourth-order valence-electron chi connectivity index (χ4n) is 1.59. The molecule has 0 aliphatic heterocycles. The van der Waals surface area contributed by atoms with Gasteiger partial charge in [0.2, 0.25) is 0 Å². The molecule has 0 saturated carbocycles. The van der Waals surface area contributed by atoms with Gasteiger partial charge in [0.1, 0.15) is 6.33 Å². The van der Waals surface area contributed by atoms with Crippen LogP contribution in [0.1, 0.15) is 20.3 Å². The molecule has 5 heteroatoms. The second-order valence-electron chi connectivity index (χ2n) is 4.38. The highest BCUT2D eigenvalue weighted by Gasteiger charge is 2.04. The minimum absolute atomic E-state index is 0.697. The van der Waals surface area contributed by atoms with Gasteiger partial charge in [0.15, 0.2) is 0 Å². The zero-order valence-corrected chi connectivity index (χ0v) is 10.2. The number of anilines is 1. The third-order valence-corrected chi connectivity index (χ3v) is 2.54. The molecule has 0 bridgehead atoms.